The molecule has 0 unspecified atom stereocenters. The molecule has 1 aliphatic carbocycles. The zero-order valence-corrected chi connectivity index (χ0v) is 32.8. The molecule has 51 heavy (non-hydrogen) atoms. The van der Waals surface area contributed by atoms with E-state index in [4.69, 9.17) is 9.47 Å². The van der Waals surface area contributed by atoms with Crippen LogP contribution in [0.25, 0.3) is 0 Å². The minimum absolute atomic E-state index is 0.0368. The summed E-state index contributed by atoms with van der Waals surface area (Å²) in [7, 11) is 0. The number of carbonyl (C=O) groups excluding carboxylic acids is 3. The molecule has 5 atom stereocenters. The SMILES string of the molecule is CCCCCCCCCCCCCCCCCCCC(=O)OC[C@@H](O)COC(=O)CCCCCC[C@H]1[C@@H](O)CC(=O)[C@@H]1/C=C/[C@@H](O)CCCCC. The Balaban J connectivity index is 1.97. The largest absolute Gasteiger partial charge is 0.463 e. The molecule has 0 aromatic carbocycles. The van der Waals surface area contributed by atoms with E-state index in [1.807, 2.05) is 0 Å². The zero-order valence-electron chi connectivity index (χ0n) is 32.8. The number of ketones is 1. The van der Waals surface area contributed by atoms with E-state index < -0.39 is 18.3 Å². The maximum absolute atomic E-state index is 12.4. The molecule has 3 N–H and O–H groups in total. The van der Waals surface area contributed by atoms with Crippen LogP contribution < -0.4 is 0 Å². The predicted octanol–water partition coefficient (Wildman–Crippen LogP) is 9.88. The number of ether oxygens (including phenoxy) is 2. The summed E-state index contributed by atoms with van der Waals surface area (Å²) < 4.78 is 10.3. The van der Waals surface area contributed by atoms with Crippen molar-refractivity contribution in [1.29, 1.82) is 0 Å². The second kappa shape index (κ2) is 32.8. The molecule has 0 aliphatic heterocycles. The third kappa shape index (κ3) is 26.6. The Morgan fingerprint density at radius 1 is 0.647 bits per heavy atom. The molecule has 0 aromatic rings. The van der Waals surface area contributed by atoms with Gasteiger partial charge in [-0.1, -0.05) is 167 Å². The third-order valence-electron chi connectivity index (χ3n) is 10.4. The van der Waals surface area contributed by atoms with E-state index in [0.29, 0.717) is 19.3 Å². The van der Waals surface area contributed by atoms with Gasteiger partial charge in [0.05, 0.1) is 12.2 Å². The Morgan fingerprint density at radius 3 is 1.53 bits per heavy atom. The molecule has 0 amide bonds. The average Bonchev–Trinajstić information content (AvgIpc) is 3.39. The molecular formula is C43H78O8. The lowest BCUT2D eigenvalue weighted by atomic mass is 9.88. The van der Waals surface area contributed by atoms with Crippen molar-refractivity contribution in [1.82, 2.24) is 0 Å². The van der Waals surface area contributed by atoms with Gasteiger partial charge in [0.15, 0.2) is 0 Å². The number of Topliss-reactive ketones (excluding diaryl/α,β-unsaturated/α-hetero) is 1. The topological polar surface area (TPSA) is 130 Å². The Kier molecular flexibility index (Phi) is 30.4. The summed E-state index contributed by atoms with van der Waals surface area (Å²) in [6, 6.07) is 0. The first kappa shape index (κ1) is 47.3. The Labute approximate surface area is 311 Å². The standard InChI is InChI=1S/C43H78O8/c1-3-5-7-8-9-10-11-12-13-14-15-16-17-18-19-20-25-29-42(48)50-34-37(45)35-51-43(49)30-26-22-21-24-28-38-39(41(47)33-40(38)46)32-31-36(44)27-23-6-4-2/h31-32,36-40,44-46H,3-30,33-35H2,1-2H3/b32-31+/t36-,37+,38+,39+,40-/m0/s1. The summed E-state index contributed by atoms with van der Waals surface area (Å²) in [5.74, 6) is -1.14. The monoisotopic (exact) mass is 723 g/mol. The van der Waals surface area contributed by atoms with Gasteiger partial charge in [0.25, 0.3) is 0 Å². The first-order chi connectivity index (χ1) is 24.8. The van der Waals surface area contributed by atoms with Gasteiger partial charge in [0.1, 0.15) is 25.1 Å². The number of aliphatic hydroxyl groups is 3. The average molecular weight is 723 g/mol. The van der Waals surface area contributed by atoms with Gasteiger partial charge in [-0.15, -0.1) is 0 Å². The lowest BCUT2D eigenvalue weighted by molar-refractivity contribution is -0.152. The van der Waals surface area contributed by atoms with Crippen LogP contribution >= 0.6 is 0 Å². The molecule has 1 fully saturated rings. The van der Waals surface area contributed by atoms with E-state index in [0.717, 1.165) is 64.2 Å². The van der Waals surface area contributed by atoms with Crippen LogP contribution in [0, 0.1) is 11.8 Å². The van der Waals surface area contributed by atoms with Crippen LogP contribution in [0.3, 0.4) is 0 Å². The van der Waals surface area contributed by atoms with Gasteiger partial charge in [-0.2, -0.15) is 0 Å². The molecule has 298 valence electrons. The van der Waals surface area contributed by atoms with Gasteiger partial charge >= 0.3 is 11.9 Å². The van der Waals surface area contributed by atoms with E-state index in [1.165, 1.54) is 89.9 Å². The number of hydrogen-bond donors (Lipinski definition) is 3. The van der Waals surface area contributed by atoms with Gasteiger partial charge in [-0.05, 0) is 31.6 Å². The quantitative estimate of drug-likeness (QED) is 0.0335. The van der Waals surface area contributed by atoms with E-state index in [-0.39, 0.29) is 55.6 Å². The highest BCUT2D eigenvalue weighted by Crippen LogP contribution is 2.34. The highest BCUT2D eigenvalue weighted by molar-refractivity contribution is 5.86. The predicted molar refractivity (Wildman–Crippen MR) is 206 cm³/mol. The van der Waals surface area contributed by atoms with Crippen molar-refractivity contribution in [3.05, 3.63) is 12.2 Å². The molecule has 1 saturated carbocycles. The number of carbonyl (C=O) groups is 3. The molecule has 0 heterocycles. The van der Waals surface area contributed by atoms with Gasteiger partial charge in [0, 0.05) is 25.2 Å². The number of unbranched alkanes of at least 4 members (excludes halogenated alkanes) is 21. The van der Waals surface area contributed by atoms with Crippen LogP contribution in [0.5, 0.6) is 0 Å². The molecule has 8 heteroatoms. The number of esters is 2. The van der Waals surface area contributed by atoms with Crippen molar-refractivity contribution in [2.75, 3.05) is 13.2 Å². The van der Waals surface area contributed by atoms with Crippen LogP contribution in [0.1, 0.15) is 200 Å². The fourth-order valence-electron chi connectivity index (χ4n) is 7.11. The molecule has 0 saturated heterocycles. The number of allylic oxidation sites excluding steroid dienone is 1. The van der Waals surface area contributed by atoms with Crippen molar-refractivity contribution in [2.24, 2.45) is 11.8 Å². The lowest BCUT2D eigenvalue weighted by Gasteiger charge is -2.19. The minimum atomic E-state index is -1.03. The Morgan fingerprint density at radius 2 is 1.06 bits per heavy atom. The van der Waals surface area contributed by atoms with Crippen LogP contribution in [0.15, 0.2) is 12.2 Å². The second-order valence-electron chi connectivity index (χ2n) is 15.3. The van der Waals surface area contributed by atoms with Gasteiger partial charge < -0.3 is 24.8 Å². The van der Waals surface area contributed by atoms with Crippen LogP contribution in [0.2, 0.25) is 0 Å². The molecule has 1 rings (SSSR count). The van der Waals surface area contributed by atoms with Crippen LogP contribution in [-0.2, 0) is 23.9 Å². The zero-order chi connectivity index (χ0) is 37.4. The maximum Gasteiger partial charge on any atom is 0.305 e. The maximum atomic E-state index is 12.4. The van der Waals surface area contributed by atoms with Crippen molar-refractivity contribution in [3.8, 4) is 0 Å². The summed E-state index contributed by atoms with van der Waals surface area (Å²) >= 11 is 0. The highest BCUT2D eigenvalue weighted by Gasteiger charge is 2.39. The molecule has 8 nitrogen and oxygen atoms in total. The van der Waals surface area contributed by atoms with Crippen molar-refractivity contribution >= 4 is 17.7 Å². The fourth-order valence-corrected chi connectivity index (χ4v) is 7.11. The van der Waals surface area contributed by atoms with E-state index >= 15 is 0 Å². The van der Waals surface area contributed by atoms with E-state index in [9.17, 15) is 29.7 Å². The minimum Gasteiger partial charge on any atom is -0.463 e. The van der Waals surface area contributed by atoms with Crippen LogP contribution in [0.4, 0.5) is 0 Å². The van der Waals surface area contributed by atoms with Crippen molar-refractivity contribution in [3.63, 3.8) is 0 Å². The molecule has 0 bridgehead atoms. The number of aliphatic hydroxyl groups excluding tert-OH is 3. The molecular weight excluding hydrogens is 644 g/mol. The summed E-state index contributed by atoms with van der Waals surface area (Å²) in [6.07, 6.45) is 31.7. The summed E-state index contributed by atoms with van der Waals surface area (Å²) in [6.45, 7) is 4.02. The van der Waals surface area contributed by atoms with E-state index in [2.05, 4.69) is 13.8 Å². The smallest absolute Gasteiger partial charge is 0.305 e. The van der Waals surface area contributed by atoms with Crippen molar-refractivity contribution in [2.45, 2.75) is 218 Å². The molecule has 0 radical (unpaired) electrons. The molecule has 0 aromatic heterocycles. The van der Waals surface area contributed by atoms with Gasteiger partial charge in [-0.25, -0.2) is 0 Å². The highest BCUT2D eigenvalue weighted by atomic mass is 16.6. The Bertz CT molecular complexity index is 889. The normalized spacial score (nSPS) is 18.8. The summed E-state index contributed by atoms with van der Waals surface area (Å²) in [5, 5.41) is 30.7. The lowest BCUT2D eigenvalue weighted by Crippen LogP contribution is -2.25. The first-order valence-electron chi connectivity index (χ1n) is 21.3. The summed E-state index contributed by atoms with van der Waals surface area (Å²) in [5.41, 5.74) is 0. The van der Waals surface area contributed by atoms with E-state index in [1.54, 1.807) is 12.2 Å². The Hall–Kier alpha value is -1.77. The molecule has 0 spiro atoms. The van der Waals surface area contributed by atoms with Gasteiger partial charge in [-0.3, -0.25) is 14.4 Å². The fraction of sp³-hybridized carbons (Fsp3) is 0.884. The summed E-state index contributed by atoms with van der Waals surface area (Å²) in [4.78, 5) is 36.6. The van der Waals surface area contributed by atoms with Crippen LogP contribution in [-0.4, -0.2) is 64.6 Å². The third-order valence-corrected chi connectivity index (χ3v) is 10.4. The molecule has 1 aliphatic rings. The van der Waals surface area contributed by atoms with Gasteiger partial charge in [0.2, 0.25) is 0 Å². The second-order valence-corrected chi connectivity index (χ2v) is 15.3. The number of hydrogen-bond acceptors (Lipinski definition) is 8. The number of rotatable bonds is 35. The first-order valence-corrected chi connectivity index (χ1v) is 21.3. The van der Waals surface area contributed by atoms with Crippen molar-refractivity contribution < 1.29 is 39.2 Å².